The Hall–Kier alpha value is -1.70. The smallest absolute Gasteiger partial charge is 1.00 e. The van der Waals surface area contributed by atoms with Crippen LogP contribution in [0.25, 0.3) is 11.1 Å². The van der Waals surface area contributed by atoms with Gasteiger partial charge in [-0.05, 0) is 0 Å². The third kappa shape index (κ3) is 6.06. The van der Waals surface area contributed by atoms with Gasteiger partial charge in [-0.25, -0.2) is 0 Å². The third-order valence-electron chi connectivity index (χ3n) is 10.2. The van der Waals surface area contributed by atoms with Crippen molar-refractivity contribution < 1.29 is 42.2 Å². The SMILES string of the molecule is C/[C](c1ccccc1)=[Ti+2](/[C]1=CC=CC1)[CH]1c2ccc(C3CCCCC3)cc2-c2cc(C3CCCCC3)ccc21.[Cl-].[Cl-]. The summed E-state index contributed by atoms with van der Waals surface area (Å²) in [4.78, 5) is 0. The van der Waals surface area contributed by atoms with Gasteiger partial charge in [-0.2, -0.15) is 0 Å². The van der Waals surface area contributed by atoms with Crippen molar-refractivity contribution in [3.63, 3.8) is 0 Å². The zero-order chi connectivity index (χ0) is 26.2. The molecule has 0 bridgehead atoms. The summed E-state index contributed by atoms with van der Waals surface area (Å²) in [5.41, 5.74) is 11.1. The van der Waals surface area contributed by atoms with E-state index in [-0.39, 0.29) is 24.8 Å². The van der Waals surface area contributed by atoms with Gasteiger partial charge in [0.2, 0.25) is 0 Å². The van der Waals surface area contributed by atoms with Crippen LogP contribution in [0, 0.1) is 0 Å². The van der Waals surface area contributed by atoms with Gasteiger partial charge in [0.05, 0.1) is 0 Å². The van der Waals surface area contributed by atoms with Gasteiger partial charge in [-0.3, -0.25) is 0 Å². The quantitative estimate of drug-likeness (QED) is 0.369. The predicted octanol–water partition coefficient (Wildman–Crippen LogP) is 4.56. The van der Waals surface area contributed by atoms with Crippen molar-refractivity contribution in [2.45, 2.75) is 93.6 Å². The number of rotatable bonds is 5. The number of hydrogen-bond donors (Lipinski definition) is 0. The zero-order valence-electron chi connectivity index (χ0n) is 24.3. The second kappa shape index (κ2) is 13.7. The molecule has 4 aliphatic carbocycles. The minimum absolute atomic E-state index is 0. The van der Waals surface area contributed by atoms with Crippen LogP contribution >= 0.6 is 0 Å². The number of halogens is 2. The predicted molar refractivity (Wildman–Crippen MR) is 163 cm³/mol. The van der Waals surface area contributed by atoms with Gasteiger partial charge in [0.15, 0.2) is 0 Å². The molecule has 41 heavy (non-hydrogen) atoms. The molecule has 3 aromatic carbocycles. The van der Waals surface area contributed by atoms with Crippen LogP contribution in [0.15, 0.2) is 88.8 Å². The number of allylic oxidation sites excluding steroid dienone is 4. The van der Waals surface area contributed by atoms with Crippen LogP contribution in [0.4, 0.5) is 0 Å². The Morgan fingerprint density at radius 3 is 1.68 bits per heavy atom. The average molecular weight is 618 g/mol. The van der Waals surface area contributed by atoms with Gasteiger partial charge in [0.1, 0.15) is 0 Å². The molecule has 0 aliphatic heterocycles. The molecule has 0 aromatic heterocycles. The van der Waals surface area contributed by atoms with Crippen LogP contribution in [-0.2, 0) is 17.4 Å². The summed E-state index contributed by atoms with van der Waals surface area (Å²) < 4.78 is 3.94. The maximum atomic E-state index is 2.66. The molecular formula is C38H42Cl2Ti. The Labute approximate surface area is 265 Å². The first-order valence-corrected chi connectivity index (χ1v) is 18.1. The van der Waals surface area contributed by atoms with Gasteiger partial charge < -0.3 is 24.8 Å². The normalized spacial score (nSPS) is 19.0. The number of benzene rings is 3. The second-order valence-corrected chi connectivity index (χ2v) is 16.9. The second-order valence-electron chi connectivity index (χ2n) is 12.5. The summed E-state index contributed by atoms with van der Waals surface area (Å²) in [6.45, 7) is 2.47. The molecule has 0 spiro atoms. The van der Waals surface area contributed by atoms with Crippen LogP contribution in [0.2, 0.25) is 0 Å². The van der Waals surface area contributed by atoms with E-state index in [0.717, 1.165) is 18.3 Å². The van der Waals surface area contributed by atoms with E-state index in [4.69, 9.17) is 0 Å². The van der Waals surface area contributed by atoms with Crippen molar-refractivity contribution in [1.82, 2.24) is 0 Å². The fraction of sp³-hybridized carbons (Fsp3) is 0.395. The van der Waals surface area contributed by atoms with Gasteiger partial charge >= 0.3 is 243 Å². The molecule has 0 nitrogen and oxygen atoms in total. The van der Waals surface area contributed by atoms with E-state index in [0.29, 0.717) is 4.22 Å². The molecule has 0 atom stereocenters. The summed E-state index contributed by atoms with van der Waals surface area (Å²) in [7, 11) is 0. The van der Waals surface area contributed by atoms with E-state index in [1.807, 2.05) is 0 Å². The number of fused-ring (bicyclic) bond motifs is 3. The Bertz CT molecular complexity index is 1390. The molecular weight excluding hydrogens is 575 g/mol. The fourth-order valence-electron chi connectivity index (χ4n) is 8.11. The molecule has 0 saturated heterocycles. The molecule has 4 aliphatic rings. The molecule has 2 saturated carbocycles. The topological polar surface area (TPSA) is 0 Å². The summed E-state index contributed by atoms with van der Waals surface area (Å²) in [6, 6.07) is 26.8. The van der Waals surface area contributed by atoms with Crippen molar-refractivity contribution in [2.75, 3.05) is 0 Å². The molecule has 0 unspecified atom stereocenters. The summed E-state index contributed by atoms with van der Waals surface area (Å²) >= 11 is -1.90. The maximum absolute atomic E-state index is 2.66. The van der Waals surface area contributed by atoms with E-state index in [9.17, 15) is 0 Å². The van der Waals surface area contributed by atoms with Gasteiger partial charge in [0.25, 0.3) is 0 Å². The van der Waals surface area contributed by atoms with Crippen LogP contribution in [0.1, 0.15) is 121 Å². The molecule has 0 heterocycles. The maximum Gasteiger partial charge on any atom is -1.00 e. The number of hydrogen-bond acceptors (Lipinski definition) is 0. The standard InChI is InChI=1S/C25H29.C8H8.C5H5.2ClH.Ti/c1-3-7-18(8-4-1)20-11-13-22-15-23-14-12-21(17-25(23)24(22)16-20)19-9-5-2-6-10-19;1-2-8-6-4-3-5-7-8;1-2-4-5-3-1;;;/h11-19H,1-10H2;3-7H,1H3;1-3H,4H2;2*1H;/q;;;;;+2/p-2. The van der Waals surface area contributed by atoms with Crippen LogP contribution in [-0.4, -0.2) is 3.81 Å². The Balaban J connectivity index is 0.00000169. The molecule has 0 N–H and O–H groups in total. The zero-order valence-corrected chi connectivity index (χ0v) is 27.4. The first kappa shape index (κ1) is 30.8. The summed E-state index contributed by atoms with van der Waals surface area (Å²) in [5, 5.41) is 0. The molecule has 3 aromatic rings. The Kier molecular flexibility index (Phi) is 10.3. The van der Waals surface area contributed by atoms with Gasteiger partial charge in [-0.1, -0.05) is 0 Å². The van der Waals surface area contributed by atoms with E-state index in [2.05, 4.69) is 91.9 Å². The minimum atomic E-state index is -1.90. The molecule has 0 radical (unpaired) electrons. The molecule has 7 rings (SSSR count). The van der Waals surface area contributed by atoms with Gasteiger partial charge in [0, 0.05) is 0 Å². The van der Waals surface area contributed by atoms with E-state index < -0.39 is 17.4 Å². The van der Waals surface area contributed by atoms with Crippen molar-refractivity contribution in [2.24, 2.45) is 0 Å². The van der Waals surface area contributed by atoms with Crippen LogP contribution in [0.3, 0.4) is 0 Å². The minimum Gasteiger partial charge on any atom is -1.00 e. The summed E-state index contributed by atoms with van der Waals surface area (Å²) in [5.74, 6) is 1.51. The largest absolute Gasteiger partial charge is 1.00 e. The first-order valence-electron chi connectivity index (χ1n) is 15.7. The van der Waals surface area contributed by atoms with Crippen molar-refractivity contribution >= 4 is 3.81 Å². The first-order chi connectivity index (χ1) is 19.3. The Morgan fingerprint density at radius 1 is 0.659 bits per heavy atom. The van der Waals surface area contributed by atoms with Crippen molar-refractivity contribution in [3.8, 4) is 11.1 Å². The van der Waals surface area contributed by atoms with Crippen LogP contribution < -0.4 is 24.8 Å². The molecule has 212 valence electrons. The van der Waals surface area contributed by atoms with Crippen molar-refractivity contribution in [1.29, 1.82) is 0 Å². The summed E-state index contributed by atoms with van der Waals surface area (Å²) in [6.07, 6.45) is 22.2. The van der Waals surface area contributed by atoms with Crippen molar-refractivity contribution in [3.05, 3.63) is 117 Å². The van der Waals surface area contributed by atoms with E-state index in [1.54, 1.807) is 41.1 Å². The monoisotopic (exact) mass is 616 g/mol. The average Bonchev–Trinajstić information content (AvgIpc) is 3.65. The molecule has 2 fully saturated rings. The van der Waals surface area contributed by atoms with Gasteiger partial charge in [-0.15, -0.1) is 0 Å². The van der Waals surface area contributed by atoms with E-state index >= 15 is 0 Å². The molecule has 3 heteroatoms. The van der Waals surface area contributed by atoms with E-state index in [1.165, 1.54) is 69.8 Å². The third-order valence-corrected chi connectivity index (χ3v) is 15.5. The fourth-order valence-corrected chi connectivity index (χ4v) is 13.6. The van der Waals surface area contributed by atoms with Crippen LogP contribution in [0.5, 0.6) is 0 Å². The molecule has 0 amide bonds. The Morgan fingerprint density at radius 2 is 1.20 bits per heavy atom.